The molecule has 1 aromatic rings. The Morgan fingerprint density at radius 1 is 1.12 bits per heavy atom. The maximum atomic E-state index is 12.4. The number of anilines is 1. The van der Waals surface area contributed by atoms with Gasteiger partial charge in [-0.1, -0.05) is 0 Å². The number of rotatable bonds is 5. The van der Waals surface area contributed by atoms with Crippen molar-refractivity contribution in [1.82, 2.24) is 5.32 Å². The smallest absolute Gasteiger partial charge is 0.408 e. The van der Waals surface area contributed by atoms with E-state index in [-0.39, 0.29) is 12.0 Å². The monoisotopic (exact) mass is 334 g/mol. The van der Waals surface area contributed by atoms with E-state index < -0.39 is 17.2 Å². The van der Waals surface area contributed by atoms with Crippen LogP contribution in [0.15, 0.2) is 24.3 Å². The molecule has 6 heteroatoms. The molecule has 2 N–H and O–H groups in total. The van der Waals surface area contributed by atoms with Crippen molar-refractivity contribution in [3.05, 3.63) is 24.3 Å². The van der Waals surface area contributed by atoms with Crippen molar-refractivity contribution in [2.24, 2.45) is 0 Å². The third-order valence-corrected chi connectivity index (χ3v) is 3.41. The minimum atomic E-state index is -0.866. The standard InChI is InChI=1S/C18H26N2O4/c1-12(2)23-14-8-6-13(7-9-14)19-15(21)18(10-11-18)20-16(22)24-17(3,4)5/h6-9,12H,10-11H2,1-5H3,(H,19,21)(H,20,22). The van der Waals surface area contributed by atoms with Gasteiger partial charge < -0.3 is 20.1 Å². The number of nitrogens with one attached hydrogen (secondary N) is 2. The summed E-state index contributed by atoms with van der Waals surface area (Å²) in [5, 5.41) is 5.51. The molecular formula is C18H26N2O4. The molecule has 0 aromatic heterocycles. The molecule has 1 saturated carbocycles. The minimum Gasteiger partial charge on any atom is -0.491 e. The first-order valence-corrected chi connectivity index (χ1v) is 8.19. The Morgan fingerprint density at radius 3 is 2.17 bits per heavy atom. The molecule has 2 rings (SSSR count). The maximum Gasteiger partial charge on any atom is 0.408 e. The van der Waals surface area contributed by atoms with Crippen LogP contribution < -0.4 is 15.4 Å². The molecule has 0 aliphatic heterocycles. The number of alkyl carbamates (subject to hydrolysis) is 1. The lowest BCUT2D eigenvalue weighted by atomic mass is 10.2. The van der Waals surface area contributed by atoms with Crippen LogP contribution in [0.5, 0.6) is 5.75 Å². The van der Waals surface area contributed by atoms with Crippen LogP contribution in [0.25, 0.3) is 0 Å². The highest BCUT2D eigenvalue weighted by Gasteiger charge is 2.52. The molecule has 0 saturated heterocycles. The van der Waals surface area contributed by atoms with Crippen LogP contribution in [0.2, 0.25) is 0 Å². The number of ether oxygens (including phenoxy) is 2. The van der Waals surface area contributed by atoms with Gasteiger partial charge in [-0.2, -0.15) is 0 Å². The van der Waals surface area contributed by atoms with Crippen LogP contribution in [0, 0.1) is 0 Å². The normalized spacial score (nSPS) is 15.6. The Labute approximate surface area is 142 Å². The molecule has 0 unspecified atom stereocenters. The number of hydrogen-bond acceptors (Lipinski definition) is 4. The Hall–Kier alpha value is -2.24. The van der Waals surface area contributed by atoms with Gasteiger partial charge in [0, 0.05) is 5.69 Å². The Kier molecular flexibility index (Phi) is 5.06. The van der Waals surface area contributed by atoms with Gasteiger partial charge in [0.15, 0.2) is 0 Å². The topological polar surface area (TPSA) is 76.7 Å². The summed E-state index contributed by atoms with van der Waals surface area (Å²) in [5.74, 6) is 0.516. The predicted octanol–water partition coefficient (Wildman–Crippen LogP) is 3.47. The minimum absolute atomic E-state index is 0.0956. The van der Waals surface area contributed by atoms with E-state index in [0.29, 0.717) is 18.5 Å². The van der Waals surface area contributed by atoms with Gasteiger partial charge in [0.25, 0.3) is 0 Å². The second-order valence-corrected chi connectivity index (χ2v) is 7.35. The van der Waals surface area contributed by atoms with Crippen molar-refractivity contribution in [1.29, 1.82) is 0 Å². The average Bonchev–Trinajstić information content (AvgIpc) is 3.19. The van der Waals surface area contributed by atoms with E-state index in [2.05, 4.69) is 10.6 Å². The Balaban J connectivity index is 1.93. The van der Waals surface area contributed by atoms with Gasteiger partial charge in [-0.05, 0) is 71.7 Å². The number of hydrogen-bond donors (Lipinski definition) is 2. The molecule has 0 bridgehead atoms. The second kappa shape index (κ2) is 6.71. The van der Waals surface area contributed by atoms with Gasteiger partial charge >= 0.3 is 6.09 Å². The lowest BCUT2D eigenvalue weighted by Crippen LogP contribution is -2.47. The molecule has 0 atom stereocenters. The van der Waals surface area contributed by atoms with Crippen molar-refractivity contribution in [2.45, 2.75) is 64.7 Å². The maximum absolute atomic E-state index is 12.4. The number of benzene rings is 1. The number of amides is 2. The first-order valence-electron chi connectivity index (χ1n) is 8.19. The summed E-state index contributed by atoms with van der Waals surface area (Å²) in [6.07, 6.45) is 0.730. The van der Waals surface area contributed by atoms with Gasteiger partial charge in [0.1, 0.15) is 16.9 Å². The highest BCUT2D eigenvalue weighted by atomic mass is 16.6. The van der Waals surface area contributed by atoms with E-state index in [1.165, 1.54) is 0 Å². The van der Waals surface area contributed by atoms with E-state index >= 15 is 0 Å². The summed E-state index contributed by atoms with van der Waals surface area (Å²) in [6.45, 7) is 9.26. The first kappa shape index (κ1) is 18.1. The zero-order valence-electron chi connectivity index (χ0n) is 14.9. The van der Waals surface area contributed by atoms with E-state index in [1.807, 2.05) is 13.8 Å². The molecule has 132 valence electrons. The summed E-state index contributed by atoms with van der Waals surface area (Å²) < 4.78 is 10.8. The fraction of sp³-hybridized carbons (Fsp3) is 0.556. The van der Waals surface area contributed by atoms with Crippen LogP contribution in [0.3, 0.4) is 0 Å². The van der Waals surface area contributed by atoms with Crippen molar-refractivity contribution in [2.75, 3.05) is 5.32 Å². The summed E-state index contributed by atoms with van der Waals surface area (Å²) in [4.78, 5) is 24.3. The highest BCUT2D eigenvalue weighted by molar-refractivity contribution is 6.02. The number of carbonyl (C=O) groups excluding carboxylic acids is 2. The van der Waals surface area contributed by atoms with E-state index in [4.69, 9.17) is 9.47 Å². The molecule has 2 amide bonds. The highest BCUT2D eigenvalue weighted by Crippen LogP contribution is 2.37. The molecule has 24 heavy (non-hydrogen) atoms. The second-order valence-electron chi connectivity index (χ2n) is 7.35. The zero-order valence-corrected chi connectivity index (χ0v) is 14.9. The van der Waals surface area contributed by atoms with E-state index in [1.54, 1.807) is 45.0 Å². The largest absolute Gasteiger partial charge is 0.491 e. The average molecular weight is 334 g/mol. The van der Waals surface area contributed by atoms with Crippen LogP contribution in [0.1, 0.15) is 47.5 Å². The Morgan fingerprint density at radius 2 is 1.71 bits per heavy atom. The van der Waals surface area contributed by atoms with E-state index in [0.717, 1.165) is 5.75 Å². The summed E-state index contributed by atoms with van der Waals surface area (Å²) in [5.41, 5.74) is -0.799. The molecule has 6 nitrogen and oxygen atoms in total. The molecular weight excluding hydrogens is 308 g/mol. The molecule has 1 aliphatic rings. The molecule has 0 spiro atoms. The van der Waals surface area contributed by atoms with Gasteiger partial charge in [-0.3, -0.25) is 4.79 Å². The van der Waals surface area contributed by atoms with Crippen LogP contribution in [-0.2, 0) is 9.53 Å². The quantitative estimate of drug-likeness (QED) is 0.864. The molecule has 1 aliphatic carbocycles. The molecule has 0 heterocycles. The predicted molar refractivity (Wildman–Crippen MR) is 92.2 cm³/mol. The van der Waals surface area contributed by atoms with Crippen molar-refractivity contribution in [3.63, 3.8) is 0 Å². The molecule has 1 fully saturated rings. The van der Waals surface area contributed by atoms with Crippen molar-refractivity contribution in [3.8, 4) is 5.75 Å². The van der Waals surface area contributed by atoms with Gasteiger partial charge in [-0.25, -0.2) is 4.79 Å². The lowest BCUT2D eigenvalue weighted by Gasteiger charge is -2.23. The van der Waals surface area contributed by atoms with Gasteiger partial charge in [0.05, 0.1) is 6.10 Å². The van der Waals surface area contributed by atoms with Gasteiger partial charge in [0.2, 0.25) is 5.91 Å². The fourth-order valence-electron chi connectivity index (χ4n) is 2.17. The van der Waals surface area contributed by atoms with Crippen molar-refractivity contribution >= 4 is 17.7 Å². The third-order valence-electron chi connectivity index (χ3n) is 3.41. The first-order chi connectivity index (χ1) is 11.1. The van der Waals surface area contributed by atoms with Gasteiger partial charge in [-0.15, -0.1) is 0 Å². The van der Waals surface area contributed by atoms with Crippen LogP contribution in [0.4, 0.5) is 10.5 Å². The SMILES string of the molecule is CC(C)Oc1ccc(NC(=O)C2(NC(=O)OC(C)(C)C)CC2)cc1. The number of carbonyl (C=O) groups is 2. The zero-order chi connectivity index (χ0) is 18.0. The molecule has 1 aromatic carbocycles. The van der Waals surface area contributed by atoms with Crippen LogP contribution >= 0.6 is 0 Å². The summed E-state index contributed by atoms with van der Waals surface area (Å²) >= 11 is 0. The van der Waals surface area contributed by atoms with Crippen molar-refractivity contribution < 1.29 is 19.1 Å². The molecule has 0 radical (unpaired) electrons. The van der Waals surface area contributed by atoms with E-state index in [9.17, 15) is 9.59 Å². The summed E-state index contributed by atoms with van der Waals surface area (Å²) in [6, 6.07) is 7.16. The Bertz CT molecular complexity index is 598. The third kappa shape index (κ3) is 5.15. The van der Waals surface area contributed by atoms with Crippen LogP contribution in [-0.4, -0.2) is 29.2 Å². The summed E-state index contributed by atoms with van der Waals surface area (Å²) in [7, 11) is 0. The fourth-order valence-corrected chi connectivity index (χ4v) is 2.17. The lowest BCUT2D eigenvalue weighted by molar-refractivity contribution is -0.119.